The summed E-state index contributed by atoms with van der Waals surface area (Å²) in [6.07, 6.45) is 2.03. The SMILES string of the molecule is CC(C#N)(NC(=O)CN1CCN(Cc2ccccc2F)CC1)C1CC1. The Bertz CT molecular complexity index is 662. The first-order valence-electron chi connectivity index (χ1n) is 8.90. The Labute approximate surface area is 148 Å². The topological polar surface area (TPSA) is 59.4 Å². The standard InChI is InChI=1S/C19H25FN4O/c1-19(14-21,16-6-7-16)22-18(25)13-24-10-8-23(9-11-24)12-15-4-2-3-5-17(15)20/h2-5,16H,6-13H2,1H3,(H,22,25). The number of carbonyl (C=O) groups is 1. The zero-order valence-electron chi connectivity index (χ0n) is 14.7. The van der Waals surface area contributed by atoms with E-state index in [4.69, 9.17) is 0 Å². The summed E-state index contributed by atoms with van der Waals surface area (Å²) in [6, 6.07) is 9.11. The van der Waals surface area contributed by atoms with Crippen molar-refractivity contribution in [2.24, 2.45) is 5.92 Å². The third-order valence-corrected chi connectivity index (χ3v) is 5.21. The Hall–Kier alpha value is -1.97. The quantitative estimate of drug-likeness (QED) is 0.854. The van der Waals surface area contributed by atoms with Gasteiger partial charge in [0.25, 0.3) is 0 Å². The highest BCUT2D eigenvalue weighted by atomic mass is 19.1. The minimum Gasteiger partial charge on any atom is -0.337 e. The van der Waals surface area contributed by atoms with Crippen LogP contribution in [0.2, 0.25) is 0 Å². The van der Waals surface area contributed by atoms with Crippen LogP contribution >= 0.6 is 0 Å². The Morgan fingerprint density at radius 1 is 1.28 bits per heavy atom. The Kier molecular flexibility index (Phi) is 5.36. The molecule has 1 atom stereocenters. The van der Waals surface area contributed by atoms with E-state index >= 15 is 0 Å². The number of nitrogens with one attached hydrogen (secondary N) is 1. The van der Waals surface area contributed by atoms with Gasteiger partial charge in [-0.05, 0) is 31.7 Å². The highest BCUT2D eigenvalue weighted by Gasteiger charge is 2.43. The van der Waals surface area contributed by atoms with Gasteiger partial charge in [0.15, 0.2) is 0 Å². The maximum Gasteiger partial charge on any atom is 0.235 e. The average molecular weight is 344 g/mol. The van der Waals surface area contributed by atoms with Crippen molar-refractivity contribution in [2.45, 2.75) is 31.8 Å². The molecule has 134 valence electrons. The van der Waals surface area contributed by atoms with Gasteiger partial charge in [-0.15, -0.1) is 0 Å². The molecule has 1 N–H and O–H groups in total. The van der Waals surface area contributed by atoms with Gasteiger partial charge in [0.2, 0.25) is 5.91 Å². The number of amides is 1. The monoisotopic (exact) mass is 344 g/mol. The predicted molar refractivity (Wildman–Crippen MR) is 93.0 cm³/mol. The van der Waals surface area contributed by atoms with E-state index in [1.807, 2.05) is 19.1 Å². The number of carbonyl (C=O) groups excluding carboxylic acids is 1. The van der Waals surface area contributed by atoms with E-state index in [1.165, 1.54) is 6.07 Å². The zero-order chi connectivity index (χ0) is 17.9. The lowest BCUT2D eigenvalue weighted by Crippen LogP contribution is -2.53. The van der Waals surface area contributed by atoms with E-state index in [2.05, 4.69) is 21.2 Å². The molecule has 0 spiro atoms. The maximum absolute atomic E-state index is 13.7. The van der Waals surface area contributed by atoms with Crippen LogP contribution in [0.5, 0.6) is 0 Å². The van der Waals surface area contributed by atoms with Crippen molar-refractivity contribution in [3.05, 3.63) is 35.6 Å². The smallest absolute Gasteiger partial charge is 0.235 e. The van der Waals surface area contributed by atoms with E-state index < -0.39 is 5.54 Å². The molecule has 2 fully saturated rings. The fourth-order valence-electron chi connectivity index (χ4n) is 3.39. The minimum absolute atomic E-state index is 0.0847. The van der Waals surface area contributed by atoms with Crippen LogP contribution in [-0.2, 0) is 11.3 Å². The van der Waals surface area contributed by atoms with Gasteiger partial charge in [-0.25, -0.2) is 4.39 Å². The van der Waals surface area contributed by atoms with Crippen molar-refractivity contribution in [3.63, 3.8) is 0 Å². The molecule has 1 amide bonds. The third kappa shape index (κ3) is 4.56. The summed E-state index contributed by atoms with van der Waals surface area (Å²) < 4.78 is 13.7. The maximum atomic E-state index is 13.7. The number of benzene rings is 1. The lowest BCUT2D eigenvalue weighted by Gasteiger charge is -2.35. The van der Waals surface area contributed by atoms with Gasteiger partial charge in [-0.1, -0.05) is 18.2 Å². The number of halogens is 1. The van der Waals surface area contributed by atoms with Crippen LogP contribution in [0.3, 0.4) is 0 Å². The van der Waals surface area contributed by atoms with Crippen LogP contribution in [0.4, 0.5) is 4.39 Å². The fraction of sp³-hybridized carbons (Fsp3) is 0.579. The number of nitriles is 1. The Morgan fingerprint density at radius 3 is 2.52 bits per heavy atom. The van der Waals surface area contributed by atoms with E-state index in [-0.39, 0.29) is 11.7 Å². The number of hydrogen-bond acceptors (Lipinski definition) is 4. The second-order valence-corrected chi connectivity index (χ2v) is 7.28. The molecule has 1 aliphatic carbocycles. The predicted octanol–water partition coefficient (Wildman–Crippen LogP) is 1.75. The van der Waals surface area contributed by atoms with Gasteiger partial charge in [0, 0.05) is 38.3 Å². The number of hydrogen-bond donors (Lipinski definition) is 1. The van der Waals surface area contributed by atoms with Crippen LogP contribution < -0.4 is 5.32 Å². The first kappa shape index (κ1) is 17.8. The number of nitrogens with zero attached hydrogens (tertiary/aromatic N) is 3. The number of piperazine rings is 1. The van der Waals surface area contributed by atoms with Crippen molar-refractivity contribution in [1.82, 2.24) is 15.1 Å². The third-order valence-electron chi connectivity index (χ3n) is 5.21. The average Bonchev–Trinajstić information content (AvgIpc) is 3.44. The first-order valence-corrected chi connectivity index (χ1v) is 8.90. The van der Waals surface area contributed by atoms with Crippen molar-refractivity contribution < 1.29 is 9.18 Å². The summed E-state index contributed by atoms with van der Waals surface area (Å²) in [5.74, 6) is 0.0396. The molecule has 0 aromatic heterocycles. The van der Waals surface area contributed by atoms with Crippen molar-refractivity contribution in [3.8, 4) is 6.07 Å². The second kappa shape index (κ2) is 7.51. The summed E-state index contributed by atoms with van der Waals surface area (Å²) in [6.45, 7) is 5.88. The largest absolute Gasteiger partial charge is 0.337 e. The molecule has 1 heterocycles. The van der Waals surface area contributed by atoms with Gasteiger partial charge >= 0.3 is 0 Å². The number of rotatable bonds is 6. The van der Waals surface area contributed by atoms with E-state index in [9.17, 15) is 14.4 Å². The molecule has 1 aromatic carbocycles. The molecule has 3 rings (SSSR count). The molecule has 0 bridgehead atoms. The molecule has 1 unspecified atom stereocenters. The lowest BCUT2D eigenvalue weighted by atomic mass is 9.98. The van der Waals surface area contributed by atoms with Crippen LogP contribution in [-0.4, -0.2) is 54.0 Å². The second-order valence-electron chi connectivity index (χ2n) is 7.28. The molecule has 6 heteroatoms. The van der Waals surface area contributed by atoms with E-state index in [0.717, 1.165) is 39.0 Å². The Balaban J connectivity index is 1.44. The lowest BCUT2D eigenvalue weighted by molar-refractivity contribution is -0.124. The molecule has 2 aliphatic rings. The summed E-state index contributed by atoms with van der Waals surface area (Å²) >= 11 is 0. The highest BCUT2D eigenvalue weighted by molar-refractivity contribution is 5.79. The van der Waals surface area contributed by atoms with Crippen molar-refractivity contribution >= 4 is 5.91 Å². The van der Waals surface area contributed by atoms with Gasteiger partial charge in [0.05, 0.1) is 12.6 Å². The summed E-state index contributed by atoms with van der Waals surface area (Å²) in [5, 5.41) is 12.2. The minimum atomic E-state index is -0.732. The fourth-order valence-corrected chi connectivity index (χ4v) is 3.39. The van der Waals surface area contributed by atoms with Crippen molar-refractivity contribution in [1.29, 1.82) is 5.26 Å². The molecule has 1 aromatic rings. The summed E-state index contributed by atoms with van der Waals surface area (Å²) in [5.41, 5.74) is -0.0214. The van der Waals surface area contributed by atoms with Gasteiger partial charge in [0.1, 0.15) is 11.4 Å². The highest BCUT2D eigenvalue weighted by Crippen LogP contribution is 2.39. The molecule has 0 radical (unpaired) electrons. The van der Waals surface area contributed by atoms with Gasteiger partial charge in [-0.3, -0.25) is 14.6 Å². The normalized spacial score (nSPS) is 21.3. The molecule has 5 nitrogen and oxygen atoms in total. The van der Waals surface area contributed by atoms with Crippen molar-refractivity contribution in [2.75, 3.05) is 32.7 Å². The van der Waals surface area contributed by atoms with Crippen LogP contribution in [0, 0.1) is 23.1 Å². The Morgan fingerprint density at radius 2 is 1.92 bits per heavy atom. The summed E-state index contributed by atoms with van der Waals surface area (Å²) in [4.78, 5) is 16.6. The van der Waals surface area contributed by atoms with E-state index in [1.54, 1.807) is 6.07 Å². The van der Waals surface area contributed by atoms with Gasteiger partial charge < -0.3 is 5.32 Å². The molecular weight excluding hydrogens is 319 g/mol. The van der Waals surface area contributed by atoms with Gasteiger partial charge in [-0.2, -0.15) is 5.26 Å². The zero-order valence-corrected chi connectivity index (χ0v) is 14.7. The van der Waals surface area contributed by atoms with E-state index in [0.29, 0.717) is 24.6 Å². The molecular formula is C19H25FN4O. The van der Waals surface area contributed by atoms with Crippen LogP contribution in [0.25, 0.3) is 0 Å². The first-order chi connectivity index (χ1) is 12.0. The molecule has 1 saturated heterocycles. The van der Waals surface area contributed by atoms with Crippen LogP contribution in [0.1, 0.15) is 25.3 Å². The van der Waals surface area contributed by atoms with Crippen LogP contribution in [0.15, 0.2) is 24.3 Å². The molecule has 1 aliphatic heterocycles. The molecule has 25 heavy (non-hydrogen) atoms. The summed E-state index contributed by atoms with van der Waals surface area (Å²) in [7, 11) is 0. The molecule has 1 saturated carbocycles.